The van der Waals surface area contributed by atoms with E-state index in [1.807, 2.05) is 6.92 Å². The topological polar surface area (TPSA) is 61.2 Å². The number of hydrogen-bond acceptors (Lipinski definition) is 2. The summed E-state index contributed by atoms with van der Waals surface area (Å²) in [5.74, 6) is -0.435. The Balaban J connectivity index is 3.11. The van der Waals surface area contributed by atoms with E-state index in [0.717, 1.165) is 18.4 Å². The number of nitrogens with one attached hydrogen (secondary N) is 2. The van der Waals surface area contributed by atoms with Crippen LogP contribution in [0.15, 0.2) is 29.1 Å². The van der Waals surface area contributed by atoms with Gasteiger partial charge in [0.05, 0.1) is 5.69 Å². The van der Waals surface area contributed by atoms with Crippen molar-refractivity contribution >= 4 is 24.6 Å². The predicted molar refractivity (Wildman–Crippen MR) is 71.2 cm³/mol. The second kappa shape index (κ2) is 6.37. The molecule has 0 bridgehead atoms. The van der Waals surface area contributed by atoms with E-state index >= 15 is 0 Å². The van der Waals surface area contributed by atoms with Gasteiger partial charge in [0.25, 0.3) is 0 Å². The smallest absolute Gasteiger partial charge is 0.182 e. The van der Waals surface area contributed by atoms with Crippen LogP contribution in [-0.4, -0.2) is 17.7 Å². The van der Waals surface area contributed by atoms with Gasteiger partial charge in [-0.2, -0.15) is 0 Å². The molecule has 0 radical (unpaired) electrons. The van der Waals surface area contributed by atoms with Gasteiger partial charge in [-0.25, -0.2) is 9.38 Å². The van der Waals surface area contributed by atoms with E-state index in [4.69, 9.17) is 10.1 Å². The highest BCUT2D eigenvalue weighted by Crippen LogP contribution is 2.25. The monoisotopic (exact) mass is 247 g/mol. The average Bonchev–Trinajstić information content (AvgIpc) is 2.70. The zero-order valence-corrected chi connectivity index (χ0v) is 10.2. The molecule has 0 amide bonds. The van der Waals surface area contributed by atoms with Crippen LogP contribution in [0.3, 0.4) is 0 Å². The van der Waals surface area contributed by atoms with Crippen molar-refractivity contribution in [2.45, 2.75) is 13.8 Å². The molecule has 1 heterocycles. The lowest BCUT2D eigenvalue weighted by atomic mass is 10.2. The first-order valence-electron chi connectivity index (χ1n) is 5.19. The summed E-state index contributed by atoms with van der Waals surface area (Å²) in [6.07, 6.45) is 3.36. The summed E-state index contributed by atoms with van der Waals surface area (Å²) in [7, 11) is 0. The van der Waals surface area contributed by atoms with Gasteiger partial charge in [0.2, 0.25) is 0 Å². The second-order valence-corrected chi connectivity index (χ2v) is 3.50. The fraction of sp³-hybridized carbons (Fsp3) is 0.154. The molecule has 18 heavy (non-hydrogen) atoms. The van der Waals surface area contributed by atoms with Crippen molar-refractivity contribution in [3.8, 4) is 0 Å². The van der Waals surface area contributed by atoms with Crippen molar-refractivity contribution in [3.05, 3.63) is 41.1 Å². The van der Waals surface area contributed by atoms with Crippen LogP contribution in [0.4, 0.5) is 4.39 Å². The SMILES string of the molecule is C=C=Cc1[nH]c(C)cc1/C(F)=C(\C)OC=NC=N. The van der Waals surface area contributed by atoms with Gasteiger partial charge in [-0.1, -0.05) is 6.58 Å². The Hall–Kier alpha value is -2.39. The number of H-pyrrole nitrogens is 1. The van der Waals surface area contributed by atoms with Gasteiger partial charge < -0.3 is 9.72 Å². The molecule has 0 saturated heterocycles. The van der Waals surface area contributed by atoms with Crippen molar-refractivity contribution in [2.75, 3.05) is 0 Å². The summed E-state index contributed by atoms with van der Waals surface area (Å²) in [4.78, 5) is 6.40. The zero-order valence-electron chi connectivity index (χ0n) is 10.2. The van der Waals surface area contributed by atoms with Crippen LogP contribution in [0, 0.1) is 12.3 Å². The van der Waals surface area contributed by atoms with Gasteiger partial charge >= 0.3 is 0 Å². The molecule has 4 nitrogen and oxygen atoms in total. The standard InChI is InChI=1S/C13H14FN3O/c1-4-5-12-11(6-9(2)17-12)13(14)10(3)18-8-16-7-15/h5-8,15,17H,1H2,2-3H3/b13-10-,15-7?,16-8?. The molecule has 1 aromatic heterocycles. The van der Waals surface area contributed by atoms with Gasteiger partial charge in [-0.3, -0.25) is 5.41 Å². The van der Waals surface area contributed by atoms with E-state index in [-0.39, 0.29) is 5.76 Å². The molecule has 0 spiro atoms. The molecule has 1 rings (SSSR count). The van der Waals surface area contributed by atoms with Crippen molar-refractivity contribution in [1.82, 2.24) is 4.98 Å². The van der Waals surface area contributed by atoms with Crippen LogP contribution in [0.5, 0.6) is 0 Å². The first-order chi connectivity index (χ1) is 8.60. The maximum atomic E-state index is 14.1. The highest BCUT2D eigenvalue weighted by molar-refractivity contribution is 5.72. The summed E-state index contributed by atoms with van der Waals surface area (Å²) in [6.45, 7) is 6.76. The number of halogens is 1. The fourth-order valence-corrected chi connectivity index (χ4v) is 1.39. The number of aliphatic imine (C=N–C) groups is 1. The third kappa shape index (κ3) is 3.30. The zero-order chi connectivity index (χ0) is 13.5. The van der Waals surface area contributed by atoms with Crippen LogP contribution in [0.25, 0.3) is 11.9 Å². The summed E-state index contributed by atoms with van der Waals surface area (Å²) >= 11 is 0. The van der Waals surface area contributed by atoms with Crippen molar-refractivity contribution in [2.24, 2.45) is 4.99 Å². The Morgan fingerprint density at radius 3 is 3.00 bits per heavy atom. The van der Waals surface area contributed by atoms with Crippen molar-refractivity contribution < 1.29 is 9.13 Å². The quantitative estimate of drug-likeness (QED) is 0.356. The van der Waals surface area contributed by atoms with Gasteiger partial charge in [0, 0.05) is 17.3 Å². The van der Waals surface area contributed by atoms with E-state index in [2.05, 4.69) is 22.3 Å². The lowest BCUT2D eigenvalue weighted by Crippen LogP contribution is -1.90. The molecule has 0 aliphatic carbocycles. The van der Waals surface area contributed by atoms with Crippen molar-refractivity contribution in [3.63, 3.8) is 0 Å². The van der Waals surface area contributed by atoms with Gasteiger partial charge in [-0.05, 0) is 19.9 Å². The largest absolute Gasteiger partial charge is 0.447 e. The number of hydrogen-bond donors (Lipinski definition) is 2. The van der Waals surface area contributed by atoms with E-state index in [1.54, 1.807) is 12.1 Å². The molecule has 94 valence electrons. The van der Waals surface area contributed by atoms with Crippen LogP contribution >= 0.6 is 0 Å². The molecule has 0 aromatic carbocycles. The lowest BCUT2D eigenvalue weighted by molar-refractivity contribution is 0.428. The Morgan fingerprint density at radius 2 is 2.39 bits per heavy atom. The summed E-state index contributed by atoms with van der Waals surface area (Å²) in [6, 6.07) is 1.67. The lowest BCUT2D eigenvalue weighted by Gasteiger charge is -2.02. The third-order valence-corrected chi connectivity index (χ3v) is 2.14. The maximum Gasteiger partial charge on any atom is 0.182 e. The minimum atomic E-state index is -0.503. The molecule has 0 saturated carbocycles. The average molecular weight is 247 g/mol. The number of aromatic amines is 1. The summed E-state index contributed by atoms with van der Waals surface area (Å²) in [5.41, 5.74) is 4.37. The van der Waals surface area contributed by atoms with Crippen LogP contribution in [-0.2, 0) is 4.74 Å². The molecule has 0 fully saturated rings. The normalized spacial score (nSPS) is 11.9. The number of aromatic nitrogens is 1. The maximum absolute atomic E-state index is 14.1. The van der Waals surface area contributed by atoms with Crippen molar-refractivity contribution in [1.29, 1.82) is 5.41 Å². The number of rotatable bonds is 5. The number of allylic oxidation sites excluding steroid dienone is 1. The third-order valence-electron chi connectivity index (χ3n) is 2.14. The highest BCUT2D eigenvalue weighted by Gasteiger charge is 2.12. The molecule has 5 heteroatoms. The van der Waals surface area contributed by atoms with Crippen LogP contribution in [0.2, 0.25) is 0 Å². The molecule has 0 atom stereocenters. The molecule has 0 aliphatic heterocycles. The Bertz CT molecular complexity index is 549. The van der Waals surface area contributed by atoms with E-state index in [9.17, 15) is 4.39 Å². The Labute approximate surface area is 105 Å². The summed E-state index contributed by atoms with van der Waals surface area (Å²) < 4.78 is 19.0. The van der Waals surface area contributed by atoms with Gasteiger partial charge in [-0.15, -0.1) is 5.73 Å². The minimum absolute atomic E-state index is 0.0679. The van der Waals surface area contributed by atoms with E-state index in [0.29, 0.717) is 11.3 Å². The summed E-state index contributed by atoms with van der Waals surface area (Å²) in [5, 5.41) is 6.67. The van der Waals surface area contributed by atoms with E-state index < -0.39 is 5.83 Å². The Kier molecular flexibility index (Phi) is 4.84. The molecular formula is C13H14FN3O. The number of nitrogens with zero attached hydrogens (tertiary/aromatic N) is 1. The second-order valence-electron chi connectivity index (χ2n) is 3.50. The number of ether oxygens (including phenoxy) is 1. The molecule has 0 unspecified atom stereocenters. The number of aryl methyl sites for hydroxylation is 1. The van der Waals surface area contributed by atoms with Gasteiger partial charge in [0.15, 0.2) is 12.2 Å². The highest BCUT2D eigenvalue weighted by atomic mass is 19.1. The predicted octanol–water partition coefficient (Wildman–Crippen LogP) is 3.43. The van der Waals surface area contributed by atoms with Crippen LogP contribution < -0.4 is 0 Å². The van der Waals surface area contributed by atoms with E-state index in [1.165, 1.54) is 6.92 Å². The van der Waals surface area contributed by atoms with Gasteiger partial charge in [0.1, 0.15) is 12.1 Å². The first kappa shape index (κ1) is 13.7. The molecule has 0 aliphatic rings. The fourth-order valence-electron chi connectivity index (χ4n) is 1.39. The molecule has 1 aromatic rings. The molecule has 2 N–H and O–H groups in total. The molecular weight excluding hydrogens is 233 g/mol. The Morgan fingerprint density at radius 1 is 1.67 bits per heavy atom. The first-order valence-corrected chi connectivity index (χ1v) is 5.19. The van der Waals surface area contributed by atoms with Crippen LogP contribution in [0.1, 0.15) is 23.9 Å². The minimum Gasteiger partial charge on any atom is -0.447 e.